The molecule has 2 heterocycles. The van der Waals surface area contributed by atoms with E-state index in [0.29, 0.717) is 12.0 Å². The molecule has 7 heteroatoms. The molecule has 0 aromatic heterocycles. The van der Waals surface area contributed by atoms with Crippen LogP contribution in [0.25, 0.3) is 0 Å². The SMILES string of the molecule is CCNC(=O)NC(=O)C(C)N1CCC2(CCNC2)C1.Cl. The van der Waals surface area contributed by atoms with E-state index in [1.807, 2.05) is 13.8 Å². The first-order valence-corrected chi connectivity index (χ1v) is 7.10. The van der Waals surface area contributed by atoms with Gasteiger partial charge in [0.2, 0.25) is 5.91 Å². The predicted molar refractivity (Wildman–Crippen MR) is 80.0 cm³/mol. The maximum absolute atomic E-state index is 12.0. The number of imide groups is 1. The fourth-order valence-corrected chi connectivity index (χ4v) is 3.03. The summed E-state index contributed by atoms with van der Waals surface area (Å²) in [7, 11) is 0. The highest BCUT2D eigenvalue weighted by molar-refractivity contribution is 5.96. The Balaban J connectivity index is 0.00000200. The summed E-state index contributed by atoms with van der Waals surface area (Å²) in [5.41, 5.74) is 0.347. The molecule has 116 valence electrons. The summed E-state index contributed by atoms with van der Waals surface area (Å²) in [6.07, 6.45) is 2.33. The monoisotopic (exact) mass is 304 g/mol. The van der Waals surface area contributed by atoms with E-state index < -0.39 is 6.03 Å². The van der Waals surface area contributed by atoms with Crippen molar-refractivity contribution in [1.82, 2.24) is 20.9 Å². The van der Waals surface area contributed by atoms with Gasteiger partial charge in [-0.15, -0.1) is 12.4 Å². The molecule has 2 fully saturated rings. The maximum atomic E-state index is 12.0. The molecule has 2 aliphatic heterocycles. The van der Waals surface area contributed by atoms with Crippen molar-refractivity contribution in [3.8, 4) is 0 Å². The van der Waals surface area contributed by atoms with E-state index in [1.54, 1.807) is 0 Å². The van der Waals surface area contributed by atoms with E-state index in [9.17, 15) is 9.59 Å². The van der Waals surface area contributed by atoms with Gasteiger partial charge in [-0.2, -0.15) is 0 Å². The Bertz CT molecular complexity index is 358. The number of carbonyl (C=O) groups is 2. The molecule has 3 N–H and O–H groups in total. The summed E-state index contributed by atoms with van der Waals surface area (Å²) in [6, 6.07) is -0.654. The number of carbonyl (C=O) groups excluding carboxylic acids is 2. The third-order valence-electron chi connectivity index (χ3n) is 4.30. The highest BCUT2D eigenvalue weighted by Crippen LogP contribution is 2.36. The lowest BCUT2D eigenvalue weighted by atomic mass is 9.86. The quantitative estimate of drug-likeness (QED) is 0.702. The second-order valence-corrected chi connectivity index (χ2v) is 5.67. The second-order valence-electron chi connectivity index (χ2n) is 5.67. The number of likely N-dealkylation sites (tertiary alicyclic amines) is 1. The van der Waals surface area contributed by atoms with Gasteiger partial charge in [0.25, 0.3) is 0 Å². The summed E-state index contributed by atoms with van der Waals surface area (Å²) in [4.78, 5) is 25.5. The second kappa shape index (κ2) is 7.24. The van der Waals surface area contributed by atoms with Crippen LogP contribution in [0.4, 0.5) is 4.79 Å². The molecule has 0 aromatic carbocycles. The van der Waals surface area contributed by atoms with E-state index >= 15 is 0 Å². The minimum absolute atomic E-state index is 0. The predicted octanol–water partition coefficient (Wildman–Crippen LogP) is 0.328. The molecule has 0 aliphatic carbocycles. The smallest absolute Gasteiger partial charge is 0.321 e. The van der Waals surface area contributed by atoms with Crippen LogP contribution < -0.4 is 16.0 Å². The third kappa shape index (κ3) is 3.84. The van der Waals surface area contributed by atoms with Gasteiger partial charge in [0.1, 0.15) is 0 Å². The van der Waals surface area contributed by atoms with Crippen molar-refractivity contribution in [3.63, 3.8) is 0 Å². The Kier molecular flexibility index (Phi) is 6.23. The number of halogens is 1. The molecule has 0 saturated carbocycles. The van der Waals surface area contributed by atoms with E-state index in [0.717, 1.165) is 32.6 Å². The van der Waals surface area contributed by atoms with Crippen LogP contribution in [0.5, 0.6) is 0 Å². The van der Waals surface area contributed by atoms with Gasteiger partial charge in [0.05, 0.1) is 6.04 Å². The van der Waals surface area contributed by atoms with Crippen LogP contribution in [0.3, 0.4) is 0 Å². The van der Waals surface area contributed by atoms with Crippen molar-refractivity contribution in [2.24, 2.45) is 5.41 Å². The summed E-state index contributed by atoms with van der Waals surface area (Å²) < 4.78 is 0. The van der Waals surface area contributed by atoms with E-state index in [4.69, 9.17) is 0 Å². The van der Waals surface area contributed by atoms with Crippen LogP contribution in [-0.2, 0) is 4.79 Å². The van der Waals surface area contributed by atoms with Gasteiger partial charge in [-0.1, -0.05) is 0 Å². The van der Waals surface area contributed by atoms with Gasteiger partial charge < -0.3 is 10.6 Å². The number of amides is 3. The first-order valence-electron chi connectivity index (χ1n) is 7.10. The minimum Gasteiger partial charge on any atom is -0.338 e. The molecule has 6 nitrogen and oxygen atoms in total. The van der Waals surface area contributed by atoms with Crippen LogP contribution >= 0.6 is 12.4 Å². The van der Waals surface area contributed by atoms with Gasteiger partial charge in [-0.05, 0) is 45.2 Å². The average Bonchev–Trinajstić information content (AvgIpc) is 2.99. The Morgan fingerprint density at radius 1 is 1.40 bits per heavy atom. The fraction of sp³-hybridized carbons (Fsp3) is 0.846. The van der Waals surface area contributed by atoms with Crippen molar-refractivity contribution in [3.05, 3.63) is 0 Å². The zero-order valence-electron chi connectivity index (χ0n) is 12.2. The Labute approximate surface area is 126 Å². The number of nitrogens with zero attached hydrogens (tertiary/aromatic N) is 1. The third-order valence-corrected chi connectivity index (χ3v) is 4.30. The molecule has 2 atom stereocenters. The molecule has 1 spiro atoms. The number of urea groups is 1. The van der Waals surface area contributed by atoms with E-state index in [-0.39, 0.29) is 24.4 Å². The lowest BCUT2D eigenvalue weighted by Crippen LogP contribution is -2.49. The molecule has 20 heavy (non-hydrogen) atoms. The highest BCUT2D eigenvalue weighted by atomic mass is 35.5. The molecule has 2 aliphatic rings. The highest BCUT2D eigenvalue weighted by Gasteiger charge is 2.42. The van der Waals surface area contributed by atoms with Crippen molar-refractivity contribution in [1.29, 1.82) is 0 Å². The van der Waals surface area contributed by atoms with Gasteiger partial charge in [0.15, 0.2) is 0 Å². The van der Waals surface area contributed by atoms with Crippen LogP contribution in [0.2, 0.25) is 0 Å². The molecule has 0 aromatic rings. The van der Waals surface area contributed by atoms with Gasteiger partial charge in [-0.3, -0.25) is 15.0 Å². The zero-order chi connectivity index (χ0) is 13.9. The maximum Gasteiger partial charge on any atom is 0.321 e. The number of hydrogen-bond acceptors (Lipinski definition) is 4. The molecule has 3 amide bonds. The summed E-state index contributed by atoms with van der Waals surface area (Å²) in [5.74, 6) is -0.214. The van der Waals surface area contributed by atoms with Crippen molar-refractivity contribution in [2.45, 2.75) is 32.7 Å². The van der Waals surface area contributed by atoms with Crippen LogP contribution in [0, 0.1) is 5.41 Å². The van der Waals surface area contributed by atoms with Crippen LogP contribution in [-0.4, -0.2) is 55.6 Å². The molecule has 0 bridgehead atoms. The topological polar surface area (TPSA) is 73.5 Å². The summed E-state index contributed by atoms with van der Waals surface area (Å²) in [5, 5.41) is 8.36. The normalized spacial score (nSPS) is 27.1. The minimum atomic E-state index is -0.407. The van der Waals surface area contributed by atoms with Crippen molar-refractivity contribution in [2.75, 3.05) is 32.7 Å². The molecular formula is C13H25ClN4O2. The lowest BCUT2D eigenvalue weighted by Gasteiger charge is -2.26. The first kappa shape index (κ1) is 17.2. The van der Waals surface area contributed by atoms with Crippen LogP contribution in [0.15, 0.2) is 0 Å². The zero-order valence-corrected chi connectivity index (χ0v) is 13.0. The molecular weight excluding hydrogens is 280 g/mol. The van der Waals surface area contributed by atoms with Crippen LogP contribution in [0.1, 0.15) is 26.7 Å². The Morgan fingerprint density at radius 3 is 2.75 bits per heavy atom. The van der Waals surface area contributed by atoms with E-state index in [2.05, 4.69) is 20.9 Å². The van der Waals surface area contributed by atoms with Crippen molar-refractivity contribution < 1.29 is 9.59 Å². The standard InChI is InChI=1S/C13H24N4O2.ClH/c1-3-15-12(19)16-11(18)10(2)17-7-5-13(9-17)4-6-14-8-13;/h10,14H,3-9H2,1-2H3,(H2,15,16,18,19);1H. The number of hydrogen-bond donors (Lipinski definition) is 3. The number of nitrogens with one attached hydrogen (secondary N) is 3. The largest absolute Gasteiger partial charge is 0.338 e. The average molecular weight is 305 g/mol. The summed E-state index contributed by atoms with van der Waals surface area (Å²) in [6.45, 7) is 8.23. The summed E-state index contributed by atoms with van der Waals surface area (Å²) >= 11 is 0. The first-order chi connectivity index (χ1) is 9.06. The molecule has 0 radical (unpaired) electrons. The molecule has 2 saturated heterocycles. The lowest BCUT2D eigenvalue weighted by molar-refractivity contribution is -0.124. The molecule has 2 rings (SSSR count). The van der Waals surface area contributed by atoms with Gasteiger partial charge >= 0.3 is 6.03 Å². The Hall–Kier alpha value is -0.850. The fourth-order valence-electron chi connectivity index (χ4n) is 3.03. The molecule has 2 unspecified atom stereocenters. The van der Waals surface area contributed by atoms with Crippen molar-refractivity contribution >= 4 is 24.3 Å². The Morgan fingerprint density at radius 2 is 2.15 bits per heavy atom. The van der Waals surface area contributed by atoms with E-state index in [1.165, 1.54) is 6.42 Å². The van der Waals surface area contributed by atoms with Gasteiger partial charge in [0, 0.05) is 19.6 Å². The van der Waals surface area contributed by atoms with Gasteiger partial charge in [-0.25, -0.2) is 4.79 Å². The number of rotatable bonds is 3.